The molecule has 0 atom stereocenters. The molecule has 3 amide bonds. The van der Waals surface area contributed by atoms with Gasteiger partial charge in [0.05, 0.1) is 12.7 Å². The van der Waals surface area contributed by atoms with E-state index in [1.165, 1.54) is 11.2 Å². The standard InChI is InChI=1S/C18H24N6O4/c1-12(2)10-24-17(26)23(11-14-20-13(3)28-21-14)15(25)18(24)4-7-22(8-5-18)16-19-6-9-27-16/h6,9,12H,4-5,7-8,10-11H2,1-3H3. The highest BCUT2D eigenvalue weighted by atomic mass is 16.5. The Hall–Kier alpha value is -2.91. The van der Waals surface area contributed by atoms with Gasteiger partial charge in [0.15, 0.2) is 5.82 Å². The van der Waals surface area contributed by atoms with Gasteiger partial charge in [0.1, 0.15) is 11.8 Å². The molecule has 4 heterocycles. The Labute approximate surface area is 162 Å². The molecule has 2 aliphatic heterocycles. The number of hydrogen-bond donors (Lipinski definition) is 0. The summed E-state index contributed by atoms with van der Waals surface area (Å²) < 4.78 is 10.4. The van der Waals surface area contributed by atoms with Crippen molar-refractivity contribution in [3.8, 4) is 0 Å². The highest BCUT2D eigenvalue weighted by Crippen LogP contribution is 2.39. The fourth-order valence-corrected chi connectivity index (χ4v) is 4.01. The van der Waals surface area contributed by atoms with Crippen molar-refractivity contribution in [2.45, 2.75) is 45.7 Å². The van der Waals surface area contributed by atoms with E-state index in [1.807, 2.05) is 18.7 Å². The first-order chi connectivity index (χ1) is 13.4. The van der Waals surface area contributed by atoms with Crippen molar-refractivity contribution in [1.29, 1.82) is 0 Å². The zero-order chi connectivity index (χ0) is 19.9. The Kier molecular flexibility index (Phi) is 4.56. The number of aryl methyl sites for hydroxylation is 1. The summed E-state index contributed by atoms with van der Waals surface area (Å²) in [6, 6.07) is 0.256. The zero-order valence-corrected chi connectivity index (χ0v) is 16.3. The van der Waals surface area contributed by atoms with Gasteiger partial charge < -0.3 is 18.7 Å². The minimum atomic E-state index is -0.844. The van der Waals surface area contributed by atoms with Crippen LogP contribution in [0.4, 0.5) is 10.8 Å². The number of carbonyl (C=O) groups is 2. The molecule has 0 aromatic carbocycles. The molecule has 10 nitrogen and oxygen atoms in total. The number of piperidine rings is 1. The van der Waals surface area contributed by atoms with Gasteiger partial charge in [-0.2, -0.15) is 4.98 Å². The maximum atomic E-state index is 13.4. The topological polar surface area (TPSA) is 109 Å². The van der Waals surface area contributed by atoms with Crippen molar-refractivity contribution in [3.05, 3.63) is 24.2 Å². The first kappa shape index (κ1) is 18.5. The predicted octanol–water partition coefficient (Wildman–Crippen LogP) is 1.83. The van der Waals surface area contributed by atoms with E-state index in [9.17, 15) is 9.59 Å². The average Bonchev–Trinajstić information content (AvgIpc) is 3.38. The molecule has 4 rings (SSSR count). The number of urea groups is 1. The van der Waals surface area contributed by atoms with Crippen LogP contribution in [0.2, 0.25) is 0 Å². The molecule has 0 bridgehead atoms. The van der Waals surface area contributed by atoms with Gasteiger partial charge in [-0.25, -0.2) is 9.78 Å². The normalized spacial score (nSPS) is 19.5. The fourth-order valence-electron chi connectivity index (χ4n) is 4.01. The van der Waals surface area contributed by atoms with Gasteiger partial charge in [-0.05, 0) is 18.8 Å². The van der Waals surface area contributed by atoms with Gasteiger partial charge in [0.25, 0.3) is 11.9 Å². The molecule has 0 saturated carbocycles. The fraction of sp³-hybridized carbons (Fsp3) is 0.611. The summed E-state index contributed by atoms with van der Waals surface area (Å²) in [5.74, 6) is 0.790. The minimum absolute atomic E-state index is 0.0226. The van der Waals surface area contributed by atoms with Crippen LogP contribution in [0.15, 0.2) is 21.4 Å². The predicted molar refractivity (Wildman–Crippen MR) is 97.2 cm³/mol. The number of carbonyl (C=O) groups excluding carboxylic acids is 2. The molecule has 2 aromatic rings. The van der Waals surface area contributed by atoms with Crippen LogP contribution < -0.4 is 4.90 Å². The van der Waals surface area contributed by atoms with E-state index in [0.717, 1.165) is 0 Å². The minimum Gasteiger partial charge on any atom is -0.432 e. The van der Waals surface area contributed by atoms with Crippen LogP contribution in [-0.2, 0) is 11.3 Å². The first-order valence-electron chi connectivity index (χ1n) is 9.48. The summed E-state index contributed by atoms with van der Waals surface area (Å²) in [7, 11) is 0. The monoisotopic (exact) mass is 388 g/mol. The highest BCUT2D eigenvalue weighted by Gasteiger charge is 2.58. The van der Waals surface area contributed by atoms with Crippen LogP contribution in [0, 0.1) is 12.8 Å². The Bertz CT molecular complexity index is 853. The van der Waals surface area contributed by atoms with Gasteiger partial charge in [-0.15, -0.1) is 0 Å². The van der Waals surface area contributed by atoms with Crippen LogP contribution in [0.5, 0.6) is 0 Å². The van der Waals surface area contributed by atoms with Crippen LogP contribution >= 0.6 is 0 Å². The molecule has 28 heavy (non-hydrogen) atoms. The zero-order valence-electron chi connectivity index (χ0n) is 16.3. The maximum absolute atomic E-state index is 13.4. The van der Waals surface area contributed by atoms with E-state index in [0.29, 0.717) is 50.2 Å². The van der Waals surface area contributed by atoms with Gasteiger partial charge in [0.2, 0.25) is 5.89 Å². The summed E-state index contributed by atoms with van der Waals surface area (Å²) in [6.45, 7) is 7.47. The van der Waals surface area contributed by atoms with Crippen LogP contribution in [0.3, 0.4) is 0 Å². The summed E-state index contributed by atoms with van der Waals surface area (Å²) in [4.78, 5) is 39.9. The molecule has 1 spiro atoms. The van der Waals surface area contributed by atoms with E-state index in [2.05, 4.69) is 15.1 Å². The molecular weight excluding hydrogens is 364 g/mol. The Morgan fingerprint density at radius 1 is 1.25 bits per heavy atom. The number of aromatic nitrogens is 3. The second kappa shape index (κ2) is 6.92. The van der Waals surface area contributed by atoms with E-state index >= 15 is 0 Å². The van der Waals surface area contributed by atoms with Gasteiger partial charge in [0, 0.05) is 26.6 Å². The molecule has 2 aliphatic rings. The first-order valence-corrected chi connectivity index (χ1v) is 9.48. The van der Waals surface area contributed by atoms with E-state index in [-0.39, 0.29) is 24.4 Å². The number of anilines is 1. The molecule has 2 saturated heterocycles. The Morgan fingerprint density at radius 3 is 2.57 bits per heavy atom. The lowest BCUT2D eigenvalue weighted by atomic mass is 9.85. The Balaban J connectivity index is 1.58. The van der Waals surface area contributed by atoms with Crippen molar-refractivity contribution in [3.63, 3.8) is 0 Å². The third-order valence-electron chi connectivity index (χ3n) is 5.32. The third kappa shape index (κ3) is 3.02. The lowest BCUT2D eigenvalue weighted by molar-refractivity contribution is -0.134. The molecule has 0 N–H and O–H groups in total. The summed E-state index contributed by atoms with van der Waals surface area (Å²) >= 11 is 0. The molecule has 2 fully saturated rings. The second-order valence-corrected chi connectivity index (χ2v) is 7.74. The lowest BCUT2D eigenvalue weighted by Crippen LogP contribution is -2.57. The van der Waals surface area contributed by atoms with Gasteiger partial charge >= 0.3 is 6.03 Å². The number of amides is 3. The van der Waals surface area contributed by atoms with E-state index in [1.54, 1.807) is 18.0 Å². The van der Waals surface area contributed by atoms with E-state index in [4.69, 9.17) is 8.94 Å². The van der Waals surface area contributed by atoms with Crippen LogP contribution in [0.25, 0.3) is 0 Å². The highest BCUT2D eigenvalue weighted by molar-refractivity contribution is 6.07. The quantitative estimate of drug-likeness (QED) is 0.714. The third-order valence-corrected chi connectivity index (χ3v) is 5.32. The second-order valence-electron chi connectivity index (χ2n) is 7.74. The molecule has 0 aliphatic carbocycles. The average molecular weight is 388 g/mol. The number of oxazole rings is 1. The van der Waals surface area contributed by atoms with E-state index < -0.39 is 5.54 Å². The van der Waals surface area contributed by atoms with Crippen molar-refractivity contribution < 1.29 is 18.5 Å². The van der Waals surface area contributed by atoms with Crippen molar-refractivity contribution in [2.24, 2.45) is 5.92 Å². The SMILES string of the molecule is Cc1nc(CN2C(=O)N(CC(C)C)C3(CCN(c4ncco4)CC3)C2=O)no1. The molecule has 150 valence electrons. The molecule has 0 unspecified atom stereocenters. The molecular formula is C18H24N6O4. The number of imide groups is 1. The van der Waals surface area contributed by atoms with Crippen molar-refractivity contribution in [1.82, 2.24) is 24.9 Å². The van der Waals surface area contributed by atoms with Crippen molar-refractivity contribution >= 4 is 18.0 Å². The number of hydrogen-bond acceptors (Lipinski definition) is 8. The summed E-state index contributed by atoms with van der Waals surface area (Å²) in [6.07, 6.45) is 4.18. The van der Waals surface area contributed by atoms with Gasteiger partial charge in [-0.3, -0.25) is 9.69 Å². The number of rotatable bonds is 5. The molecule has 0 radical (unpaired) electrons. The maximum Gasteiger partial charge on any atom is 0.328 e. The summed E-state index contributed by atoms with van der Waals surface area (Å²) in [5.41, 5.74) is -0.844. The molecule has 10 heteroatoms. The lowest BCUT2D eigenvalue weighted by Gasteiger charge is -2.42. The largest absolute Gasteiger partial charge is 0.432 e. The summed E-state index contributed by atoms with van der Waals surface area (Å²) in [5, 5.41) is 3.83. The van der Waals surface area contributed by atoms with Crippen LogP contribution in [-0.4, -0.2) is 62.0 Å². The smallest absolute Gasteiger partial charge is 0.328 e. The van der Waals surface area contributed by atoms with Crippen molar-refractivity contribution in [2.75, 3.05) is 24.5 Å². The number of nitrogens with zero attached hydrogens (tertiary/aromatic N) is 6. The Morgan fingerprint density at radius 2 is 2.00 bits per heavy atom. The molecule has 2 aromatic heterocycles. The van der Waals surface area contributed by atoms with Gasteiger partial charge in [-0.1, -0.05) is 19.0 Å². The van der Waals surface area contributed by atoms with Crippen LogP contribution in [0.1, 0.15) is 38.4 Å².